The lowest BCUT2D eigenvalue weighted by atomic mass is 10.2. The first-order chi connectivity index (χ1) is 9.21. The van der Waals surface area contributed by atoms with Crippen molar-refractivity contribution >= 4 is 5.69 Å². The summed E-state index contributed by atoms with van der Waals surface area (Å²) < 4.78 is 11.9. The quantitative estimate of drug-likeness (QED) is 0.769. The molecule has 1 saturated carbocycles. The van der Waals surface area contributed by atoms with Crippen molar-refractivity contribution in [1.82, 2.24) is 0 Å². The van der Waals surface area contributed by atoms with Crippen LogP contribution in [0.15, 0.2) is 18.2 Å². The molecule has 104 valence electrons. The molecule has 0 aromatic heterocycles. The Bertz CT molecular complexity index is 457. The second-order valence-corrected chi connectivity index (χ2v) is 5.20. The van der Waals surface area contributed by atoms with Crippen molar-refractivity contribution in [3.05, 3.63) is 18.2 Å². The van der Waals surface area contributed by atoms with Crippen molar-refractivity contribution < 1.29 is 19.7 Å². The molecule has 5 nitrogen and oxygen atoms in total. The van der Waals surface area contributed by atoms with Crippen molar-refractivity contribution in [2.75, 3.05) is 18.5 Å². The van der Waals surface area contributed by atoms with E-state index in [-0.39, 0.29) is 6.61 Å². The highest BCUT2D eigenvalue weighted by Crippen LogP contribution is 2.47. The molecule has 1 unspecified atom stereocenters. The second-order valence-electron chi connectivity index (χ2n) is 5.20. The molecule has 0 bridgehead atoms. The highest BCUT2D eigenvalue weighted by Gasteiger charge is 2.43. The molecular weight excluding hydrogens is 246 g/mol. The summed E-state index contributed by atoms with van der Waals surface area (Å²) in [6.45, 7) is 0.0575. The Morgan fingerprint density at radius 1 is 1.21 bits per heavy atom. The lowest BCUT2D eigenvalue weighted by Gasteiger charge is -2.21. The Morgan fingerprint density at radius 3 is 2.68 bits per heavy atom. The lowest BCUT2D eigenvalue weighted by molar-refractivity contribution is -0.0716. The molecule has 1 heterocycles. The van der Waals surface area contributed by atoms with Crippen molar-refractivity contribution in [1.29, 1.82) is 0 Å². The Labute approximate surface area is 112 Å². The van der Waals surface area contributed by atoms with Crippen LogP contribution in [-0.4, -0.2) is 35.3 Å². The van der Waals surface area contributed by atoms with E-state index in [1.165, 1.54) is 0 Å². The van der Waals surface area contributed by atoms with Gasteiger partial charge in [0.15, 0.2) is 11.5 Å². The highest BCUT2D eigenvalue weighted by molar-refractivity contribution is 5.56. The van der Waals surface area contributed by atoms with Crippen LogP contribution in [0.5, 0.6) is 11.5 Å². The van der Waals surface area contributed by atoms with Gasteiger partial charge in [0.2, 0.25) is 0 Å². The molecule has 19 heavy (non-hydrogen) atoms. The van der Waals surface area contributed by atoms with Crippen LogP contribution < -0.4 is 14.8 Å². The van der Waals surface area contributed by atoms with Crippen molar-refractivity contribution in [3.63, 3.8) is 0 Å². The average Bonchev–Trinajstić information content (AvgIpc) is 3.02. The largest absolute Gasteiger partial charge is 0.448 e. The fourth-order valence-corrected chi connectivity index (χ4v) is 2.62. The normalized spacial score (nSPS) is 20.7. The summed E-state index contributed by atoms with van der Waals surface area (Å²) in [5.74, 6) is 1.10. The zero-order valence-corrected chi connectivity index (χ0v) is 10.8. The number of aliphatic hydroxyl groups is 2. The van der Waals surface area contributed by atoms with Crippen LogP contribution in [0.25, 0.3) is 0 Å². The minimum atomic E-state index is -0.758. The number of anilines is 1. The molecule has 0 saturated heterocycles. The molecule has 1 aliphatic heterocycles. The molecular formula is C14H19NO4. The second kappa shape index (κ2) is 4.90. The van der Waals surface area contributed by atoms with Crippen molar-refractivity contribution in [3.8, 4) is 11.5 Å². The van der Waals surface area contributed by atoms with E-state index in [9.17, 15) is 5.11 Å². The molecule has 1 aliphatic carbocycles. The van der Waals surface area contributed by atoms with Crippen LogP contribution in [-0.2, 0) is 0 Å². The fraction of sp³-hybridized carbons (Fsp3) is 0.571. The fourth-order valence-electron chi connectivity index (χ4n) is 2.62. The van der Waals surface area contributed by atoms with Gasteiger partial charge in [0, 0.05) is 31.1 Å². The molecule has 1 aromatic carbocycles. The van der Waals surface area contributed by atoms with E-state index in [0.29, 0.717) is 6.54 Å². The maximum Gasteiger partial charge on any atom is 0.251 e. The van der Waals surface area contributed by atoms with E-state index in [4.69, 9.17) is 14.6 Å². The zero-order valence-electron chi connectivity index (χ0n) is 10.8. The Morgan fingerprint density at radius 2 is 1.95 bits per heavy atom. The zero-order chi connectivity index (χ0) is 13.3. The number of benzene rings is 1. The van der Waals surface area contributed by atoms with E-state index < -0.39 is 11.9 Å². The van der Waals surface area contributed by atoms with Gasteiger partial charge in [0.1, 0.15) is 0 Å². The third kappa shape index (κ3) is 2.48. The minimum Gasteiger partial charge on any atom is -0.448 e. The molecule has 3 rings (SSSR count). The van der Waals surface area contributed by atoms with E-state index in [2.05, 4.69) is 5.32 Å². The Kier molecular flexibility index (Phi) is 3.24. The summed E-state index contributed by atoms with van der Waals surface area (Å²) in [5, 5.41) is 21.1. The monoisotopic (exact) mass is 265 g/mol. The number of hydrogen-bond acceptors (Lipinski definition) is 5. The average molecular weight is 265 g/mol. The van der Waals surface area contributed by atoms with E-state index >= 15 is 0 Å². The van der Waals surface area contributed by atoms with Crippen LogP contribution >= 0.6 is 0 Å². The molecule has 1 fully saturated rings. The standard InChI is InChI=1S/C14H19NO4/c16-9-11(17)8-15-10-3-4-12-13(7-10)19-14(18-12)5-1-2-6-14/h3-4,7,11,15-17H,1-2,5-6,8-9H2. The molecule has 2 aliphatic rings. The van der Waals surface area contributed by atoms with Gasteiger partial charge in [-0.25, -0.2) is 0 Å². The predicted octanol–water partition coefficient (Wildman–Crippen LogP) is 1.49. The van der Waals surface area contributed by atoms with Gasteiger partial charge in [-0.05, 0) is 25.0 Å². The number of nitrogens with one attached hydrogen (secondary N) is 1. The third-order valence-electron chi connectivity index (χ3n) is 3.65. The summed E-state index contributed by atoms with van der Waals surface area (Å²) >= 11 is 0. The van der Waals surface area contributed by atoms with Crippen LogP contribution in [0.4, 0.5) is 5.69 Å². The maximum atomic E-state index is 9.31. The van der Waals surface area contributed by atoms with Crippen LogP contribution in [0.2, 0.25) is 0 Å². The topological polar surface area (TPSA) is 71.0 Å². The van der Waals surface area contributed by atoms with Gasteiger partial charge in [-0.2, -0.15) is 0 Å². The van der Waals surface area contributed by atoms with Gasteiger partial charge in [0.05, 0.1) is 12.7 Å². The molecule has 0 radical (unpaired) electrons. The molecule has 1 spiro atoms. The number of rotatable bonds is 4. The summed E-state index contributed by atoms with van der Waals surface area (Å²) in [6.07, 6.45) is 3.40. The van der Waals surface area contributed by atoms with Crippen LogP contribution in [0.3, 0.4) is 0 Å². The molecule has 3 N–H and O–H groups in total. The smallest absolute Gasteiger partial charge is 0.251 e. The third-order valence-corrected chi connectivity index (χ3v) is 3.65. The first kappa shape index (κ1) is 12.6. The van der Waals surface area contributed by atoms with E-state index in [1.807, 2.05) is 18.2 Å². The number of ether oxygens (including phenoxy) is 2. The molecule has 0 amide bonds. The van der Waals surface area contributed by atoms with E-state index in [1.54, 1.807) is 0 Å². The number of hydrogen-bond donors (Lipinski definition) is 3. The summed E-state index contributed by atoms with van der Waals surface area (Å²) in [7, 11) is 0. The van der Waals surface area contributed by atoms with Crippen LogP contribution in [0.1, 0.15) is 25.7 Å². The van der Waals surface area contributed by atoms with Gasteiger partial charge in [-0.15, -0.1) is 0 Å². The van der Waals surface area contributed by atoms with E-state index in [0.717, 1.165) is 42.9 Å². The van der Waals surface area contributed by atoms with Gasteiger partial charge in [-0.3, -0.25) is 0 Å². The summed E-state index contributed by atoms with van der Waals surface area (Å²) in [6, 6.07) is 5.66. The van der Waals surface area contributed by atoms with Gasteiger partial charge < -0.3 is 25.0 Å². The van der Waals surface area contributed by atoms with Crippen LogP contribution in [0, 0.1) is 0 Å². The van der Waals surface area contributed by atoms with Gasteiger partial charge in [-0.1, -0.05) is 0 Å². The summed E-state index contributed by atoms with van der Waals surface area (Å²) in [4.78, 5) is 0. The predicted molar refractivity (Wildman–Crippen MR) is 70.5 cm³/mol. The van der Waals surface area contributed by atoms with Gasteiger partial charge >= 0.3 is 0 Å². The SMILES string of the molecule is OCC(O)CNc1ccc2c(c1)OC1(CCCC1)O2. The van der Waals surface area contributed by atoms with Crippen molar-refractivity contribution in [2.24, 2.45) is 0 Å². The molecule has 1 atom stereocenters. The molecule has 5 heteroatoms. The lowest BCUT2D eigenvalue weighted by Crippen LogP contribution is -2.34. The first-order valence-corrected chi connectivity index (χ1v) is 6.76. The maximum absolute atomic E-state index is 9.31. The molecule has 1 aromatic rings. The van der Waals surface area contributed by atoms with Gasteiger partial charge in [0.25, 0.3) is 5.79 Å². The van der Waals surface area contributed by atoms with Crippen molar-refractivity contribution in [2.45, 2.75) is 37.6 Å². The highest BCUT2D eigenvalue weighted by atomic mass is 16.7. The Balaban J connectivity index is 1.69. The summed E-state index contributed by atoms with van der Waals surface area (Å²) in [5.41, 5.74) is 0.852. The minimum absolute atomic E-state index is 0.249. The number of fused-ring (bicyclic) bond motifs is 1. The Hall–Kier alpha value is -1.46. The number of aliphatic hydroxyl groups excluding tert-OH is 2. The first-order valence-electron chi connectivity index (χ1n) is 6.76.